The van der Waals surface area contributed by atoms with E-state index in [0.29, 0.717) is 17.5 Å². The fraction of sp³-hybridized carbons (Fsp3) is 0. The molecule has 0 saturated heterocycles. The minimum Gasteiger partial charge on any atom is -0.309 e. The van der Waals surface area contributed by atoms with E-state index in [1.54, 1.807) is 0 Å². The Bertz CT molecular complexity index is 2980. The van der Waals surface area contributed by atoms with Gasteiger partial charge in [0.1, 0.15) is 0 Å². The molecule has 4 nitrogen and oxygen atoms in total. The van der Waals surface area contributed by atoms with Crippen molar-refractivity contribution in [1.29, 1.82) is 0 Å². The zero-order valence-corrected chi connectivity index (χ0v) is 34.7. The Morgan fingerprint density at radius 1 is 0.210 bits per heavy atom. The zero-order chi connectivity index (χ0) is 41.7. The van der Waals surface area contributed by atoms with E-state index in [0.717, 1.165) is 77.1 Å². The summed E-state index contributed by atoms with van der Waals surface area (Å²) in [5.74, 6) is 1.85. The third kappa shape index (κ3) is 7.84. The Morgan fingerprint density at radius 3 is 0.677 bits per heavy atom. The average molecular weight is 814 g/mol. The van der Waals surface area contributed by atoms with Crippen LogP contribution in [-0.4, -0.2) is 15.0 Å². The van der Waals surface area contributed by atoms with E-state index in [9.17, 15) is 4.57 Å². The van der Waals surface area contributed by atoms with Gasteiger partial charge in [-0.15, -0.1) is 0 Å². The molecule has 0 unspecified atom stereocenters. The summed E-state index contributed by atoms with van der Waals surface area (Å²) in [6.07, 6.45) is 0. The van der Waals surface area contributed by atoms with Gasteiger partial charge in [0.05, 0.1) is 0 Å². The fourth-order valence-corrected chi connectivity index (χ4v) is 10.5. The number of hydrogen-bond donors (Lipinski definition) is 0. The third-order valence-corrected chi connectivity index (χ3v) is 14.4. The first-order valence-corrected chi connectivity index (χ1v) is 22.4. The summed E-state index contributed by atoms with van der Waals surface area (Å²) in [4.78, 5) is 15.1. The molecule has 294 valence electrons. The largest absolute Gasteiger partial charge is 0.309 e. The standard InChI is InChI=1S/C57H40N3OP/c61-62(52-17-9-3-10-18-52,53-19-11-4-12-20-53)54-39-37-48(38-40-54)46-23-21-45(22-24-46)47-29-35-51(36-30-47)57-59-55(49-31-25-43(26-32-49)41-13-5-1-6-14-41)58-56(60-57)50-33-27-44(28-34-50)42-15-7-2-8-16-42/h1-40H. The van der Waals surface area contributed by atoms with Crippen molar-refractivity contribution in [1.82, 2.24) is 15.0 Å². The van der Waals surface area contributed by atoms with Crippen molar-refractivity contribution in [3.05, 3.63) is 243 Å². The summed E-state index contributed by atoms with van der Waals surface area (Å²) < 4.78 is 14.8. The van der Waals surface area contributed by atoms with Crippen LogP contribution in [0.3, 0.4) is 0 Å². The first-order valence-electron chi connectivity index (χ1n) is 20.7. The predicted molar refractivity (Wildman–Crippen MR) is 257 cm³/mol. The van der Waals surface area contributed by atoms with Crippen LogP contribution in [0.4, 0.5) is 0 Å². The van der Waals surface area contributed by atoms with Crippen molar-refractivity contribution in [2.24, 2.45) is 0 Å². The van der Waals surface area contributed by atoms with Gasteiger partial charge in [-0.1, -0.05) is 243 Å². The van der Waals surface area contributed by atoms with Gasteiger partial charge in [-0.3, -0.25) is 0 Å². The van der Waals surface area contributed by atoms with Gasteiger partial charge in [-0.25, -0.2) is 15.0 Å². The topological polar surface area (TPSA) is 55.7 Å². The van der Waals surface area contributed by atoms with Crippen LogP contribution >= 0.6 is 7.14 Å². The molecule has 62 heavy (non-hydrogen) atoms. The van der Waals surface area contributed by atoms with Crippen molar-refractivity contribution in [2.45, 2.75) is 0 Å². The maximum absolute atomic E-state index is 14.8. The van der Waals surface area contributed by atoms with Gasteiger partial charge in [-0.2, -0.15) is 0 Å². The van der Waals surface area contributed by atoms with E-state index in [1.807, 2.05) is 84.9 Å². The van der Waals surface area contributed by atoms with Gasteiger partial charge in [0.25, 0.3) is 0 Å². The number of hydrogen-bond acceptors (Lipinski definition) is 4. The summed E-state index contributed by atoms with van der Waals surface area (Å²) in [5, 5.41) is 2.47. The van der Waals surface area contributed by atoms with Crippen LogP contribution < -0.4 is 15.9 Å². The van der Waals surface area contributed by atoms with Gasteiger partial charge in [-0.05, 0) is 44.5 Å². The fourth-order valence-electron chi connectivity index (χ4n) is 7.90. The van der Waals surface area contributed by atoms with Crippen molar-refractivity contribution in [2.75, 3.05) is 0 Å². The molecule has 0 N–H and O–H groups in total. The highest BCUT2D eigenvalue weighted by molar-refractivity contribution is 7.85. The molecular weight excluding hydrogens is 774 g/mol. The molecule has 0 radical (unpaired) electrons. The minimum atomic E-state index is -3.04. The monoisotopic (exact) mass is 813 g/mol. The highest BCUT2D eigenvalue weighted by Crippen LogP contribution is 2.42. The molecule has 0 aliphatic carbocycles. The van der Waals surface area contributed by atoms with Gasteiger partial charge in [0.2, 0.25) is 0 Å². The second kappa shape index (κ2) is 17.1. The maximum atomic E-state index is 14.8. The molecule has 10 rings (SSSR count). The Balaban J connectivity index is 0.929. The summed E-state index contributed by atoms with van der Waals surface area (Å²) in [5.41, 5.74) is 11.7. The lowest BCUT2D eigenvalue weighted by atomic mass is 9.99. The van der Waals surface area contributed by atoms with Crippen LogP contribution in [0, 0.1) is 0 Å². The number of rotatable bonds is 10. The first-order chi connectivity index (χ1) is 30.6. The highest BCUT2D eigenvalue weighted by Gasteiger charge is 2.29. The van der Waals surface area contributed by atoms with E-state index < -0.39 is 7.14 Å². The first kappa shape index (κ1) is 38.4. The second-order valence-electron chi connectivity index (χ2n) is 15.2. The van der Waals surface area contributed by atoms with Crippen molar-refractivity contribution in [3.63, 3.8) is 0 Å². The molecule has 0 atom stereocenters. The average Bonchev–Trinajstić information content (AvgIpc) is 3.37. The van der Waals surface area contributed by atoms with E-state index in [-0.39, 0.29) is 0 Å². The smallest absolute Gasteiger partial charge is 0.171 e. The second-order valence-corrected chi connectivity index (χ2v) is 17.9. The normalized spacial score (nSPS) is 11.3. The molecule has 0 aliphatic heterocycles. The molecule has 0 amide bonds. The van der Waals surface area contributed by atoms with Gasteiger partial charge < -0.3 is 4.57 Å². The lowest BCUT2D eigenvalue weighted by Crippen LogP contribution is -2.24. The molecule has 0 saturated carbocycles. The Labute approximate surface area is 362 Å². The van der Waals surface area contributed by atoms with E-state index in [1.165, 1.54) is 0 Å². The molecule has 10 aromatic rings. The summed E-state index contributed by atoms with van der Waals surface area (Å²) in [7, 11) is -3.04. The molecule has 1 aromatic heterocycles. The summed E-state index contributed by atoms with van der Waals surface area (Å²) in [6, 6.07) is 82.3. The predicted octanol–water partition coefficient (Wildman–Crippen LogP) is 13.2. The Morgan fingerprint density at radius 2 is 0.403 bits per heavy atom. The number of benzene rings is 9. The van der Waals surface area contributed by atoms with Crippen molar-refractivity contribution >= 4 is 23.1 Å². The molecule has 0 spiro atoms. The zero-order valence-electron chi connectivity index (χ0n) is 33.8. The number of nitrogens with zero attached hydrogens (tertiary/aromatic N) is 3. The van der Waals surface area contributed by atoms with Crippen molar-refractivity contribution in [3.8, 4) is 78.7 Å². The highest BCUT2D eigenvalue weighted by atomic mass is 31.2. The summed E-state index contributed by atoms with van der Waals surface area (Å²) >= 11 is 0. The van der Waals surface area contributed by atoms with Gasteiger partial charge in [0, 0.05) is 32.6 Å². The van der Waals surface area contributed by atoms with E-state index in [4.69, 9.17) is 15.0 Å². The molecule has 0 fully saturated rings. The van der Waals surface area contributed by atoms with E-state index in [2.05, 4.69) is 158 Å². The summed E-state index contributed by atoms with van der Waals surface area (Å²) in [6.45, 7) is 0. The molecule has 5 heteroatoms. The lowest BCUT2D eigenvalue weighted by molar-refractivity contribution is 0.592. The molecule has 0 aliphatic rings. The van der Waals surface area contributed by atoms with Gasteiger partial charge in [0.15, 0.2) is 24.6 Å². The maximum Gasteiger partial charge on any atom is 0.171 e. The van der Waals surface area contributed by atoms with Crippen LogP contribution in [0.25, 0.3) is 78.7 Å². The Kier molecular flexibility index (Phi) is 10.6. The molecular formula is C57H40N3OP. The minimum absolute atomic E-state index is 0.610. The van der Waals surface area contributed by atoms with Crippen LogP contribution in [0.2, 0.25) is 0 Å². The lowest BCUT2D eigenvalue weighted by Gasteiger charge is -2.20. The van der Waals surface area contributed by atoms with Crippen molar-refractivity contribution < 1.29 is 4.57 Å². The van der Waals surface area contributed by atoms with Crippen LogP contribution in [0.1, 0.15) is 0 Å². The number of aromatic nitrogens is 3. The third-order valence-electron chi connectivity index (χ3n) is 11.3. The van der Waals surface area contributed by atoms with Crippen LogP contribution in [-0.2, 0) is 4.57 Å². The Hall–Kier alpha value is -7.78. The van der Waals surface area contributed by atoms with Crippen LogP contribution in [0.15, 0.2) is 243 Å². The van der Waals surface area contributed by atoms with Gasteiger partial charge >= 0.3 is 0 Å². The van der Waals surface area contributed by atoms with E-state index >= 15 is 0 Å². The molecule has 1 heterocycles. The quantitative estimate of drug-likeness (QED) is 0.129. The molecule has 0 bridgehead atoms. The molecule has 9 aromatic carbocycles. The van der Waals surface area contributed by atoms with Crippen LogP contribution in [0.5, 0.6) is 0 Å². The SMILES string of the molecule is O=P(c1ccccc1)(c1ccccc1)c1ccc(-c2ccc(-c3ccc(-c4nc(-c5ccc(-c6ccccc6)cc5)nc(-c5ccc(-c6ccccc6)cc5)n4)cc3)cc2)cc1.